The monoisotopic (exact) mass is 344 g/mol. The Hall–Kier alpha value is -1.62. The maximum absolute atomic E-state index is 13.8. The van der Waals surface area contributed by atoms with E-state index >= 15 is 0 Å². The van der Waals surface area contributed by atoms with Crippen LogP contribution in [-0.2, 0) is 18.6 Å². The minimum absolute atomic E-state index is 0.112. The normalized spacial score (nSPS) is 17.4. The molecular formula is C19H21FN2OS. The lowest BCUT2D eigenvalue weighted by molar-refractivity contribution is 0.471. The average Bonchev–Trinajstić information content (AvgIpc) is 3.25. The Morgan fingerprint density at radius 2 is 1.96 bits per heavy atom. The Labute approximate surface area is 145 Å². The van der Waals surface area contributed by atoms with Gasteiger partial charge in [0, 0.05) is 23.1 Å². The van der Waals surface area contributed by atoms with Crippen LogP contribution in [0.4, 0.5) is 4.39 Å². The van der Waals surface area contributed by atoms with Gasteiger partial charge in [0.25, 0.3) is 0 Å². The van der Waals surface area contributed by atoms with E-state index in [-0.39, 0.29) is 11.5 Å². The van der Waals surface area contributed by atoms with E-state index in [9.17, 15) is 9.18 Å². The molecule has 4 rings (SSSR count). The van der Waals surface area contributed by atoms with E-state index in [1.165, 1.54) is 41.9 Å². The number of aromatic nitrogens is 2. The molecule has 5 heteroatoms. The molecule has 0 atom stereocenters. The molecule has 0 saturated heterocycles. The van der Waals surface area contributed by atoms with Gasteiger partial charge in [-0.2, -0.15) is 4.98 Å². The van der Waals surface area contributed by atoms with Gasteiger partial charge in [-0.1, -0.05) is 31.0 Å². The van der Waals surface area contributed by atoms with Crippen LogP contribution in [0.2, 0.25) is 0 Å². The summed E-state index contributed by atoms with van der Waals surface area (Å²) < 4.78 is 15.8. The average molecular weight is 344 g/mol. The number of hydrogen-bond donors (Lipinski definition) is 0. The van der Waals surface area contributed by atoms with Gasteiger partial charge in [0.05, 0.1) is 0 Å². The molecule has 1 saturated carbocycles. The molecule has 2 aliphatic carbocycles. The third kappa shape index (κ3) is 2.90. The van der Waals surface area contributed by atoms with Crippen LogP contribution < -0.4 is 5.69 Å². The van der Waals surface area contributed by atoms with E-state index in [4.69, 9.17) is 0 Å². The van der Waals surface area contributed by atoms with Gasteiger partial charge in [-0.25, -0.2) is 9.18 Å². The molecule has 1 aromatic carbocycles. The molecule has 2 aromatic rings. The zero-order valence-corrected chi connectivity index (χ0v) is 14.4. The lowest BCUT2D eigenvalue weighted by atomic mass is 10.2. The largest absolute Gasteiger partial charge is 0.349 e. The van der Waals surface area contributed by atoms with E-state index in [0.29, 0.717) is 17.4 Å². The van der Waals surface area contributed by atoms with Gasteiger partial charge >= 0.3 is 5.69 Å². The van der Waals surface area contributed by atoms with Gasteiger partial charge in [0.15, 0.2) is 0 Å². The van der Waals surface area contributed by atoms with Crippen LogP contribution in [0, 0.1) is 5.82 Å². The molecule has 0 spiro atoms. The van der Waals surface area contributed by atoms with Gasteiger partial charge in [-0.05, 0) is 43.7 Å². The number of nitrogens with zero attached hydrogens (tertiary/aromatic N) is 2. The Morgan fingerprint density at radius 3 is 2.75 bits per heavy atom. The highest BCUT2D eigenvalue weighted by Crippen LogP contribution is 2.35. The summed E-state index contributed by atoms with van der Waals surface area (Å²) in [6.45, 7) is 0. The number of fused-ring (bicyclic) bond motifs is 1. The van der Waals surface area contributed by atoms with Gasteiger partial charge in [-0.15, -0.1) is 11.8 Å². The van der Waals surface area contributed by atoms with Crippen molar-refractivity contribution in [3.05, 3.63) is 57.4 Å². The Balaban J connectivity index is 1.65. The van der Waals surface area contributed by atoms with Crippen LogP contribution in [0.1, 0.15) is 55.0 Å². The molecule has 1 heterocycles. The quantitative estimate of drug-likeness (QED) is 0.613. The van der Waals surface area contributed by atoms with E-state index in [1.54, 1.807) is 12.1 Å². The molecule has 3 nitrogen and oxygen atoms in total. The first kappa shape index (κ1) is 15.9. The fourth-order valence-corrected chi connectivity index (χ4v) is 5.03. The maximum atomic E-state index is 13.8. The molecule has 126 valence electrons. The fraction of sp³-hybridized carbons (Fsp3) is 0.474. The van der Waals surface area contributed by atoms with Crippen LogP contribution in [0.3, 0.4) is 0 Å². The van der Waals surface area contributed by atoms with Gasteiger partial charge in [-0.3, -0.25) is 4.57 Å². The standard InChI is InChI=1S/C19H21FN2OS/c20-16-10-4-1-6-13(16)12-24-18-15-9-5-11-17(15)22(19(23)21-18)14-7-2-3-8-14/h1,4,6,10,14H,2-3,5,7-9,11-12H2. The van der Waals surface area contributed by atoms with Crippen LogP contribution in [-0.4, -0.2) is 9.55 Å². The van der Waals surface area contributed by atoms with E-state index in [0.717, 1.165) is 37.1 Å². The summed E-state index contributed by atoms with van der Waals surface area (Å²) in [4.78, 5) is 17.0. The first-order valence-electron chi connectivity index (χ1n) is 8.74. The van der Waals surface area contributed by atoms with Crippen molar-refractivity contribution in [2.75, 3.05) is 0 Å². The summed E-state index contributed by atoms with van der Waals surface area (Å²) in [6, 6.07) is 7.15. The molecule has 2 aliphatic rings. The summed E-state index contributed by atoms with van der Waals surface area (Å²) in [5.41, 5.74) is 2.97. The highest BCUT2D eigenvalue weighted by atomic mass is 32.2. The van der Waals surface area contributed by atoms with Crippen molar-refractivity contribution < 1.29 is 4.39 Å². The molecule has 0 amide bonds. The molecular weight excluding hydrogens is 323 g/mol. The Morgan fingerprint density at radius 1 is 1.17 bits per heavy atom. The number of hydrogen-bond acceptors (Lipinski definition) is 3. The summed E-state index contributed by atoms with van der Waals surface area (Å²) in [5.74, 6) is 0.319. The summed E-state index contributed by atoms with van der Waals surface area (Å²) in [7, 11) is 0. The molecule has 0 radical (unpaired) electrons. The van der Waals surface area contributed by atoms with E-state index in [2.05, 4.69) is 4.98 Å². The molecule has 0 aliphatic heterocycles. The third-order valence-corrected chi connectivity index (χ3v) is 6.22. The van der Waals surface area contributed by atoms with Crippen molar-refractivity contribution >= 4 is 11.8 Å². The fourth-order valence-electron chi connectivity index (χ4n) is 3.97. The van der Waals surface area contributed by atoms with Crippen molar-refractivity contribution in [1.29, 1.82) is 0 Å². The van der Waals surface area contributed by atoms with Crippen molar-refractivity contribution in [1.82, 2.24) is 9.55 Å². The number of rotatable bonds is 4. The van der Waals surface area contributed by atoms with Gasteiger partial charge in [0.1, 0.15) is 10.8 Å². The minimum atomic E-state index is -0.194. The van der Waals surface area contributed by atoms with Crippen molar-refractivity contribution in [2.24, 2.45) is 0 Å². The van der Waals surface area contributed by atoms with Crippen molar-refractivity contribution in [2.45, 2.75) is 61.8 Å². The zero-order chi connectivity index (χ0) is 16.5. The number of halogens is 1. The maximum Gasteiger partial charge on any atom is 0.349 e. The summed E-state index contributed by atoms with van der Waals surface area (Å²) in [6.07, 6.45) is 7.63. The first-order valence-corrected chi connectivity index (χ1v) is 9.73. The summed E-state index contributed by atoms with van der Waals surface area (Å²) >= 11 is 1.49. The molecule has 0 bridgehead atoms. The third-order valence-electron chi connectivity index (χ3n) is 5.15. The number of thioether (sulfide) groups is 1. The predicted molar refractivity (Wildman–Crippen MR) is 94.0 cm³/mol. The number of benzene rings is 1. The molecule has 0 N–H and O–H groups in total. The SMILES string of the molecule is O=c1nc(SCc2ccccc2F)c2c(n1C1CCCC1)CCC2. The second-order valence-corrected chi connectivity index (χ2v) is 7.63. The Bertz CT molecular complexity index is 811. The minimum Gasteiger partial charge on any atom is -0.293 e. The lowest BCUT2D eigenvalue weighted by Gasteiger charge is -2.19. The zero-order valence-electron chi connectivity index (χ0n) is 13.6. The van der Waals surface area contributed by atoms with Crippen LogP contribution in [0.15, 0.2) is 34.1 Å². The molecule has 24 heavy (non-hydrogen) atoms. The second kappa shape index (κ2) is 6.71. The Kier molecular flexibility index (Phi) is 4.44. The second-order valence-electron chi connectivity index (χ2n) is 6.67. The van der Waals surface area contributed by atoms with Crippen molar-refractivity contribution in [3.63, 3.8) is 0 Å². The highest BCUT2D eigenvalue weighted by molar-refractivity contribution is 7.98. The molecule has 1 aromatic heterocycles. The van der Waals surface area contributed by atoms with Crippen LogP contribution in [0.5, 0.6) is 0 Å². The topological polar surface area (TPSA) is 34.9 Å². The lowest BCUT2D eigenvalue weighted by Crippen LogP contribution is -2.29. The van der Waals surface area contributed by atoms with Gasteiger partial charge in [0.2, 0.25) is 0 Å². The predicted octanol–water partition coefficient (Wildman–Crippen LogP) is 4.28. The highest BCUT2D eigenvalue weighted by Gasteiger charge is 2.27. The molecule has 1 fully saturated rings. The molecule has 0 unspecified atom stereocenters. The van der Waals surface area contributed by atoms with Crippen molar-refractivity contribution in [3.8, 4) is 0 Å². The van der Waals surface area contributed by atoms with E-state index < -0.39 is 0 Å². The van der Waals surface area contributed by atoms with E-state index in [1.807, 2.05) is 10.6 Å². The first-order chi connectivity index (χ1) is 11.7. The van der Waals surface area contributed by atoms with Gasteiger partial charge < -0.3 is 0 Å². The van der Waals surface area contributed by atoms with Crippen LogP contribution in [0.25, 0.3) is 0 Å². The van der Waals surface area contributed by atoms with Crippen LogP contribution >= 0.6 is 11.8 Å². The summed E-state index contributed by atoms with van der Waals surface area (Å²) in [5, 5.41) is 0.810. The smallest absolute Gasteiger partial charge is 0.293 e.